The first-order valence-electron chi connectivity index (χ1n) is 7.63. The van der Waals surface area contributed by atoms with Crippen LogP contribution in [0.2, 0.25) is 0 Å². The number of rotatable bonds is 6. The minimum atomic E-state index is -4.56. The van der Waals surface area contributed by atoms with Crippen molar-refractivity contribution in [1.82, 2.24) is 4.90 Å². The van der Waals surface area contributed by atoms with E-state index in [-0.39, 0.29) is 48.1 Å². The molecule has 1 aliphatic rings. The first-order chi connectivity index (χ1) is 11.6. The van der Waals surface area contributed by atoms with Crippen molar-refractivity contribution in [2.45, 2.75) is 25.7 Å². The average molecular weight is 400 g/mol. The largest absolute Gasteiger partial charge is 0.493 e. The predicted molar refractivity (Wildman–Crippen MR) is 90.9 cm³/mol. The number of ether oxygens (including phenoxy) is 2. The molecule has 148 valence electrons. The number of hydrogen-bond donors (Lipinski definition) is 1. The first kappa shape index (κ1) is 22.3. The SMILES string of the molecule is COc1cc(CN2CC(C)C(N)C2)c([N+](=O)[O-])cc1OCC(F)(F)F.Cl. The Morgan fingerprint density at radius 3 is 2.46 bits per heavy atom. The van der Waals surface area contributed by atoms with Gasteiger partial charge in [-0.3, -0.25) is 15.0 Å². The molecule has 0 aliphatic carbocycles. The van der Waals surface area contributed by atoms with E-state index in [1.54, 1.807) is 0 Å². The number of benzene rings is 1. The Morgan fingerprint density at radius 2 is 2.00 bits per heavy atom. The number of nitro benzene ring substituents is 1. The second kappa shape index (κ2) is 8.74. The molecule has 1 aromatic carbocycles. The molecular weight excluding hydrogens is 379 g/mol. The van der Waals surface area contributed by atoms with E-state index in [4.69, 9.17) is 10.5 Å². The molecule has 1 aliphatic heterocycles. The minimum absolute atomic E-state index is 0. The number of nitro groups is 1. The van der Waals surface area contributed by atoms with Gasteiger partial charge >= 0.3 is 6.18 Å². The molecule has 0 bridgehead atoms. The molecule has 2 unspecified atom stereocenters. The molecule has 0 spiro atoms. The Morgan fingerprint density at radius 1 is 1.35 bits per heavy atom. The number of alkyl halides is 3. The van der Waals surface area contributed by atoms with Gasteiger partial charge in [0.15, 0.2) is 18.1 Å². The Balaban J connectivity index is 0.00000338. The Labute approximate surface area is 154 Å². The standard InChI is InChI=1S/C15H20F3N3O4.ClH/c1-9-5-20(7-11(9)19)6-10-3-13(24-2)14(4-12(10)21(22)23)25-8-15(16,17)18;/h3-4,9,11H,5-8,19H2,1-2H3;1H. The van der Waals surface area contributed by atoms with E-state index in [2.05, 4.69) is 4.74 Å². The Bertz CT molecular complexity index is 635. The fourth-order valence-electron chi connectivity index (χ4n) is 2.79. The van der Waals surface area contributed by atoms with Gasteiger partial charge in [-0.25, -0.2) is 0 Å². The lowest BCUT2D eigenvalue weighted by molar-refractivity contribution is -0.385. The van der Waals surface area contributed by atoms with Crippen molar-refractivity contribution in [2.75, 3.05) is 26.8 Å². The third kappa shape index (κ3) is 5.61. The molecule has 26 heavy (non-hydrogen) atoms. The van der Waals surface area contributed by atoms with E-state index in [0.717, 1.165) is 6.07 Å². The van der Waals surface area contributed by atoms with Gasteiger partial charge in [-0.15, -0.1) is 12.4 Å². The third-order valence-corrected chi connectivity index (χ3v) is 4.09. The second-order valence-electron chi connectivity index (χ2n) is 6.13. The molecule has 7 nitrogen and oxygen atoms in total. The number of nitrogens with two attached hydrogens (primary N) is 1. The van der Waals surface area contributed by atoms with E-state index >= 15 is 0 Å². The molecule has 2 rings (SSSR count). The number of nitrogens with zero attached hydrogens (tertiary/aromatic N) is 2. The van der Waals surface area contributed by atoms with E-state index in [9.17, 15) is 23.3 Å². The number of methoxy groups -OCH3 is 1. The summed E-state index contributed by atoms with van der Waals surface area (Å²) in [5.74, 6) is -0.0431. The molecule has 0 aromatic heterocycles. The van der Waals surface area contributed by atoms with Gasteiger partial charge in [-0.05, 0) is 12.0 Å². The topological polar surface area (TPSA) is 90.9 Å². The van der Waals surface area contributed by atoms with Gasteiger partial charge in [0.05, 0.1) is 18.1 Å². The van der Waals surface area contributed by atoms with Crippen molar-refractivity contribution < 1.29 is 27.6 Å². The maximum atomic E-state index is 12.3. The fraction of sp³-hybridized carbons (Fsp3) is 0.600. The lowest BCUT2D eigenvalue weighted by Gasteiger charge is -2.18. The van der Waals surface area contributed by atoms with Crippen LogP contribution >= 0.6 is 12.4 Å². The van der Waals surface area contributed by atoms with Crippen LogP contribution in [-0.4, -0.2) is 48.8 Å². The number of likely N-dealkylation sites (tertiary alicyclic amines) is 1. The van der Waals surface area contributed by atoms with Crippen LogP contribution in [0, 0.1) is 16.0 Å². The predicted octanol–water partition coefficient (Wildman–Crippen LogP) is 2.75. The van der Waals surface area contributed by atoms with Gasteiger partial charge in [0.25, 0.3) is 5.69 Å². The quantitative estimate of drug-likeness (QED) is 0.584. The maximum Gasteiger partial charge on any atom is 0.422 e. The molecule has 1 fully saturated rings. The van der Waals surface area contributed by atoms with Gasteiger partial charge in [-0.1, -0.05) is 6.92 Å². The third-order valence-electron chi connectivity index (χ3n) is 4.09. The van der Waals surface area contributed by atoms with E-state index in [1.807, 2.05) is 11.8 Å². The van der Waals surface area contributed by atoms with Crippen LogP contribution in [0.25, 0.3) is 0 Å². The summed E-state index contributed by atoms with van der Waals surface area (Å²) < 4.78 is 46.7. The molecule has 0 radical (unpaired) electrons. The minimum Gasteiger partial charge on any atom is -0.493 e. The van der Waals surface area contributed by atoms with Crippen LogP contribution < -0.4 is 15.2 Å². The van der Waals surface area contributed by atoms with Crippen LogP contribution in [-0.2, 0) is 6.54 Å². The van der Waals surface area contributed by atoms with E-state index in [0.29, 0.717) is 18.7 Å². The second-order valence-corrected chi connectivity index (χ2v) is 6.13. The van der Waals surface area contributed by atoms with E-state index in [1.165, 1.54) is 13.2 Å². The highest BCUT2D eigenvalue weighted by Crippen LogP contribution is 2.36. The highest BCUT2D eigenvalue weighted by atomic mass is 35.5. The molecule has 0 saturated carbocycles. The Kier molecular flexibility index (Phi) is 7.48. The summed E-state index contributed by atoms with van der Waals surface area (Å²) in [6.45, 7) is 1.97. The van der Waals surface area contributed by atoms with Crippen molar-refractivity contribution in [2.24, 2.45) is 11.7 Å². The summed E-state index contributed by atoms with van der Waals surface area (Å²) in [5, 5.41) is 11.3. The summed E-state index contributed by atoms with van der Waals surface area (Å²) >= 11 is 0. The van der Waals surface area contributed by atoms with Crippen molar-refractivity contribution in [3.05, 3.63) is 27.8 Å². The van der Waals surface area contributed by atoms with Crippen molar-refractivity contribution in [3.8, 4) is 11.5 Å². The van der Waals surface area contributed by atoms with Crippen LogP contribution in [0.1, 0.15) is 12.5 Å². The number of hydrogen-bond acceptors (Lipinski definition) is 6. The molecule has 0 amide bonds. The van der Waals surface area contributed by atoms with Gasteiger partial charge in [-0.2, -0.15) is 13.2 Å². The lowest BCUT2D eigenvalue weighted by atomic mass is 10.1. The van der Waals surface area contributed by atoms with Crippen LogP contribution in [0.3, 0.4) is 0 Å². The molecule has 11 heteroatoms. The van der Waals surface area contributed by atoms with Crippen LogP contribution in [0.4, 0.5) is 18.9 Å². The monoisotopic (exact) mass is 399 g/mol. The molecule has 2 atom stereocenters. The highest BCUT2D eigenvalue weighted by Gasteiger charge is 2.31. The summed E-state index contributed by atoms with van der Waals surface area (Å²) in [7, 11) is 1.26. The van der Waals surface area contributed by atoms with Crippen molar-refractivity contribution >= 4 is 18.1 Å². The zero-order chi connectivity index (χ0) is 18.8. The smallest absolute Gasteiger partial charge is 0.422 e. The van der Waals surface area contributed by atoms with Crippen LogP contribution in [0.15, 0.2) is 12.1 Å². The average Bonchev–Trinajstić information content (AvgIpc) is 2.82. The molecular formula is C15H21ClF3N3O4. The Hall–Kier alpha value is -1.78. The maximum absolute atomic E-state index is 12.3. The zero-order valence-electron chi connectivity index (χ0n) is 14.3. The van der Waals surface area contributed by atoms with E-state index < -0.39 is 17.7 Å². The first-order valence-corrected chi connectivity index (χ1v) is 7.63. The molecule has 1 saturated heterocycles. The van der Waals surface area contributed by atoms with Gasteiger partial charge < -0.3 is 15.2 Å². The van der Waals surface area contributed by atoms with Gasteiger partial charge in [0, 0.05) is 31.2 Å². The highest BCUT2D eigenvalue weighted by molar-refractivity contribution is 5.85. The van der Waals surface area contributed by atoms with Gasteiger partial charge in [0.1, 0.15) is 0 Å². The van der Waals surface area contributed by atoms with Crippen molar-refractivity contribution in [3.63, 3.8) is 0 Å². The summed E-state index contributed by atoms with van der Waals surface area (Å²) in [6, 6.07) is 2.30. The van der Waals surface area contributed by atoms with Crippen LogP contribution in [0.5, 0.6) is 11.5 Å². The number of halogens is 4. The van der Waals surface area contributed by atoms with Gasteiger partial charge in [0.2, 0.25) is 0 Å². The summed E-state index contributed by atoms with van der Waals surface area (Å²) in [6.07, 6.45) is -4.56. The molecule has 1 aromatic rings. The normalized spacial score (nSPS) is 20.5. The molecule has 1 heterocycles. The zero-order valence-corrected chi connectivity index (χ0v) is 15.1. The lowest BCUT2D eigenvalue weighted by Crippen LogP contribution is -2.28. The summed E-state index contributed by atoms with van der Waals surface area (Å²) in [5.41, 5.74) is 5.98. The molecule has 2 N–H and O–H groups in total. The fourth-order valence-corrected chi connectivity index (χ4v) is 2.79. The summed E-state index contributed by atoms with van der Waals surface area (Å²) in [4.78, 5) is 12.6. The van der Waals surface area contributed by atoms with Crippen molar-refractivity contribution in [1.29, 1.82) is 0 Å².